The Morgan fingerprint density at radius 2 is 1.86 bits per heavy atom. The molecule has 0 saturated carbocycles. The van der Waals surface area contributed by atoms with Crippen molar-refractivity contribution < 1.29 is 9.53 Å². The van der Waals surface area contributed by atoms with Crippen molar-refractivity contribution >= 4 is 5.91 Å². The molecule has 28 heavy (non-hydrogen) atoms. The molecule has 146 valence electrons. The quantitative estimate of drug-likeness (QED) is 0.709. The zero-order chi connectivity index (χ0) is 20.3. The maximum Gasteiger partial charge on any atom is 0.251 e. The summed E-state index contributed by atoms with van der Waals surface area (Å²) < 4.78 is 7.21. The second kappa shape index (κ2) is 8.21. The Morgan fingerprint density at radius 3 is 2.46 bits per heavy atom. The zero-order valence-corrected chi connectivity index (χ0v) is 16.9. The van der Waals surface area contributed by atoms with E-state index < -0.39 is 0 Å². The second-order valence-electron chi connectivity index (χ2n) is 6.59. The van der Waals surface area contributed by atoms with Crippen molar-refractivity contribution in [3.05, 3.63) is 59.2 Å². The van der Waals surface area contributed by atoms with Gasteiger partial charge in [0.25, 0.3) is 5.91 Å². The van der Waals surface area contributed by atoms with Gasteiger partial charge in [-0.1, -0.05) is 12.1 Å². The molecule has 7 nitrogen and oxygen atoms in total. The lowest BCUT2D eigenvalue weighted by Gasteiger charge is -2.15. The first-order chi connectivity index (χ1) is 13.5. The molecule has 0 aliphatic carbocycles. The predicted octanol–water partition coefficient (Wildman–Crippen LogP) is 3.48. The number of carbonyl (C=O) groups excluding carboxylic acids is 1. The molecule has 0 radical (unpaired) electrons. The summed E-state index contributed by atoms with van der Waals surface area (Å²) in [4.78, 5) is 21.2. The lowest BCUT2D eigenvalue weighted by Crippen LogP contribution is -2.27. The Hall–Kier alpha value is -3.22. The van der Waals surface area contributed by atoms with E-state index >= 15 is 0 Å². The minimum Gasteiger partial charge on any atom is -0.479 e. The van der Waals surface area contributed by atoms with Gasteiger partial charge in [-0.25, -0.2) is 9.97 Å². The molecule has 1 aromatic carbocycles. The van der Waals surface area contributed by atoms with E-state index in [9.17, 15) is 4.79 Å². The summed E-state index contributed by atoms with van der Waals surface area (Å²) in [5.74, 6) is 0.320. The van der Waals surface area contributed by atoms with E-state index in [2.05, 4.69) is 27.3 Å². The van der Waals surface area contributed by atoms with Crippen molar-refractivity contribution in [3.8, 4) is 17.1 Å². The average molecular weight is 379 g/mol. The van der Waals surface area contributed by atoms with Gasteiger partial charge >= 0.3 is 0 Å². The van der Waals surface area contributed by atoms with Crippen LogP contribution >= 0.6 is 0 Å². The molecule has 1 amide bonds. The van der Waals surface area contributed by atoms with Gasteiger partial charge in [0.05, 0.1) is 18.8 Å². The van der Waals surface area contributed by atoms with Gasteiger partial charge in [-0.15, -0.1) is 0 Å². The van der Waals surface area contributed by atoms with Crippen molar-refractivity contribution in [3.63, 3.8) is 0 Å². The zero-order valence-electron chi connectivity index (χ0n) is 16.9. The van der Waals surface area contributed by atoms with Gasteiger partial charge in [-0.3, -0.25) is 9.48 Å². The maximum absolute atomic E-state index is 12.7. The molecule has 1 atom stereocenters. The lowest BCUT2D eigenvalue weighted by molar-refractivity contribution is 0.0940. The van der Waals surface area contributed by atoms with E-state index in [4.69, 9.17) is 4.74 Å². The van der Waals surface area contributed by atoms with Gasteiger partial charge in [0.2, 0.25) is 5.88 Å². The van der Waals surface area contributed by atoms with Crippen LogP contribution in [0.3, 0.4) is 0 Å². The molecule has 1 N–H and O–H groups in total. The number of nitrogens with one attached hydrogen (secondary N) is 1. The molecule has 3 aromatic rings. The fraction of sp³-hybridized carbons (Fsp3) is 0.333. The van der Waals surface area contributed by atoms with Gasteiger partial charge in [-0.2, -0.15) is 5.10 Å². The number of ether oxygens (including phenoxy) is 1. The fourth-order valence-electron chi connectivity index (χ4n) is 3.45. The molecule has 2 heterocycles. The van der Waals surface area contributed by atoms with Gasteiger partial charge in [0.1, 0.15) is 5.69 Å². The standard InChI is InChI=1S/C21H25N5O2/c1-6-26-15(4)18(14(3)25-26)13(2)24-20(27)17-9-7-16(8-10-17)19-21(28-5)23-12-11-22-19/h7-13H,6H2,1-5H3,(H,24,27)/t13-/m0/s1. The minimum atomic E-state index is -0.132. The third kappa shape index (κ3) is 3.74. The fourth-order valence-corrected chi connectivity index (χ4v) is 3.45. The van der Waals surface area contributed by atoms with Crippen LogP contribution in [0, 0.1) is 13.8 Å². The molecule has 0 fully saturated rings. The molecule has 0 bridgehead atoms. The summed E-state index contributed by atoms with van der Waals surface area (Å²) in [6, 6.07) is 7.11. The Morgan fingerprint density at radius 1 is 1.18 bits per heavy atom. The third-order valence-electron chi connectivity index (χ3n) is 4.80. The van der Waals surface area contributed by atoms with Crippen LogP contribution in [-0.4, -0.2) is 32.8 Å². The van der Waals surface area contributed by atoms with Gasteiger partial charge in [0.15, 0.2) is 0 Å². The smallest absolute Gasteiger partial charge is 0.251 e. The highest BCUT2D eigenvalue weighted by Gasteiger charge is 2.19. The van der Waals surface area contributed by atoms with Gasteiger partial charge in [0, 0.05) is 41.3 Å². The first-order valence-corrected chi connectivity index (χ1v) is 9.26. The monoisotopic (exact) mass is 379 g/mol. The summed E-state index contributed by atoms with van der Waals surface area (Å²) >= 11 is 0. The minimum absolute atomic E-state index is 0.131. The number of amides is 1. The number of aryl methyl sites for hydroxylation is 2. The van der Waals surface area contributed by atoms with Crippen LogP contribution in [-0.2, 0) is 6.54 Å². The summed E-state index contributed by atoms with van der Waals surface area (Å²) in [6.45, 7) is 8.85. The highest BCUT2D eigenvalue weighted by molar-refractivity contribution is 5.95. The van der Waals surface area contributed by atoms with Crippen LogP contribution in [0.1, 0.15) is 47.2 Å². The van der Waals surface area contributed by atoms with Crippen LogP contribution in [0.2, 0.25) is 0 Å². The summed E-state index contributed by atoms with van der Waals surface area (Å²) in [6.07, 6.45) is 3.19. The van der Waals surface area contributed by atoms with E-state index in [-0.39, 0.29) is 11.9 Å². The summed E-state index contributed by atoms with van der Waals surface area (Å²) in [5.41, 5.74) is 5.15. The number of rotatable bonds is 6. The first kappa shape index (κ1) is 19.5. The van der Waals surface area contributed by atoms with E-state index in [1.54, 1.807) is 31.6 Å². The van der Waals surface area contributed by atoms with E-state index in [1.807, 2.05) is 37.6 Å². The van der Waals surface area contributed by atoms with Crippen molar-refractivity contribution in [2.45, 2.75) is 40.3 Å². The Kier molecular flexibility index (Phi) is 5.73. The topological polar surface area (TPSA) is 81.9 Å². The third-order valence-corrected chi connectivity index (χ3v) is 4.80. The van der Waals surface area contributed by atoms with Crippen LogP contribution in [0.25, 0.3) is 11.3 Å². The molecule has 0 aliphatic rings. The lowest BCUT2D eigenvalue weighted by atomic mass is 10.0. The Balaban J connectivity index is 1.77. The van der Waals surface area contributed by atoms with Crippen LogP contribution in [0.4, 0.5) is 0 Å². The number of nitrogens with zero attached hydrogens (tertiary/aromatic N) is 4. The Labute approximate surface area is 164 Å². The summed E-state index contributed by atoms with van der Waals surface area (Å²) in [5, 5.41) is 7.60. The largest absolute Gasteiger partial charge is 0.479 e. The normalized spacial score (nSPS) is 11.9. The average Bonchev–Trinajstić information content (AvgIpc) is 3.01. The molecule has 3 rings (SSSR count). The van der Waals surface area contributed by atoms with Crippen molar-refractivity contribution in [2.24, 2.45) is 0 Å². The van der Waals surface area contributed by atoms with Gasteiger partial charge < -0.3 is 10.1 Å². The van der Waals surface area contributed by atoms with Crippen molar-refractivity contribution in [2.75, 3.05) is 7.11 Å². The highest BCUT2D eigenvalue weighted by Crippen LogP contribution is 2.26. The van der Waals surface area contributed by atoms with E-state index in [1.165, 1.54) is 0 Å². The van der Waals surface area contributed by atoms with Crippen LogP contribution in [0.15, 0.2) is 36.7 Å². The number of benzene rings is 1. The molecule has 0 unspecified atom stereocenters. The SMILES string of the molecule is CCn1nc(C)c([C@H](C)NC(=O)c2ccc(-c3nccnc3OC)cc2)c1C. The van der Waals surface area contributed by atoms with Gasteiger partial charge in [-0.05, 0) is 39.8 Å². The number of methoxy groups -OCH3 is 1. The molecule has 0 saturated heterocycles. The number of hydrogen-bond acceptors (Lipinski definition) is 5. The summed E-state index contributed by atoms with van der Waals surface area (Å²) in [7, 11) is 1.56. The molecule has 2 aromatic heterocycles. The second-order valence-corrected chi connectivity index (χ2v) is 6.59. The predicted molar refractivity (Wildman–Crippen MR) is 107 cm³/mol. The highest BCUT2D eigenvalue weighted by atomic mass is 16.5. The molecule has 7 heteroatoms. The number of hydrogen-bond donors (Lipinski definition) is 1. The number of aromatic nitrogens is 4. The van der Waals surface area contributed by atoms with Crippen molar-refractivity contribution in [1.29, 1.82) is 0 Å². The van der Waals surface area contributed by atoms with Crippen LogP contribution < -0.4 is 10.1 Å². The first-order valence-electron chi connectivity index (χ1n) is 9.26. The molecular weight excluding hydrogens is 354 g/mol. The van der Waals surface area contributed by atoms with Crippen LogP contribution in [0.5, 0.6) is 5.88 Å². The Bertz CT molecular complexity index is 979. The van der Waals surface area contributed by atoms with E-state index in [0.717, 1.165) is 29.1 Å². The maximum atomic E-state index is 12.7. The number of carbonyl (C=O) groups is 1. The van der Waals surface area contributed by atoms with E-state index in [0.29, 0.717) is 17.1 Å². The molecule has 0 spiro atoms. The molecular formula is C21H25N5O2. The van der Waals surface area contributed by atoms with Crippen molar-refractivity contribution in [1.82, 2.24) is 25.1 Å². The molecule has 0 aliphatic heterocycles.